The molecule has 23 heavy (non-hydrogen) atoms. The van der Waals surface area contributed by atoms with Gasteiger partial charge in [0.25, 0.3) is 0 Å². The minimum Gasteiger partial charge on any atom is -0.464 e. The van der Waals surface area contributed by atoms with E-state index in [9.17, 15) is 9.90 Å². The summed E-state index contributed by atoms with van der Waals surface area (Å²) < 4.78 is 5.15. The highest BCUT2D eigenvalue weighted by Crippen LogP contribution is 2.16. The van der Waals surface area contributed by atoms with E-state index in [4.69, 9.17) is 16.3 Å². The molecule has 5 heteroatoms. The molecule has 2 aromatic carbocycles. The van der Waals surface area contributed by atoms with Gasteiger partial charge in [-0.05, 0) is 23.3 Å². The first-order valence-electron chi connectivity index (χ1n) is 7.49. The highest BCUT2D eigenvalue weighted by molar-refractivity contribution is 6.30. The van der Waals surface area contributed by atoms with Crippen molar-refractivity contribution in [3.8, 4) is 0 Å². The monoisotopic (exact) mass is 333 g/mol. The van der Waals surface area contributed by atoms with Crippen LogP contribution in [0.3, 0.4) is 0 Å². The summed E-state index contributed by atoms with van der Waals surface area (Å²) in [7, 11) is 0. The van der Waals surface area contributed by atoms with Gasteiger partial charge in [-0.2, -0.15) is 0 Å². The minimum atomic E-state index is -0.645. The molecule has 1 atom stereocenters. The molecule has 0 aliphatic heterocycles. The van der Waals surface area contributed by atoms with Gasteiger partial charge in [0.15, 0.2) is 0 Å². The predicted molar refractivity (Wildman–Crippen MR) is 90.4 cm³/mol. The quantitative estimate of drug-likeness (QED) is 0.576. The number of hydrogen-bond acceptors (Lipinski definition) is 4. The van der Waals surface area contributed by atoms with Crippen LogP contribution in [0.25, 0.3) is 0 Å². The van der Waals surface area contributed by atoms with Crippen LogP contribution in [0.4, 0.5) is 0 Å². The summed E-state index contributed by atoms with van der Waals surface area (Å²) >= 11 is 5.89. The standard InChI is InChI=1S/C18H20ClNO3/c19-16-8-4-7-15(12-16)17(21)13-20-9-10-23-18(22)11-14-5-2-1-3-6-14/h1-8,12,17,20-21H,9-11,13H2. The largest absolute Gasteiger partial charge is 0.464 e. The van der Waals surface area contributed by atoms with Crippen molar-refractivity contribution in [2.45, 2.75) is 12.5 Å². The maximum Gasteiger partial charge on any atom is 0.310 e. The molecular formula is C18H20ClNO3. The predicted octanol–water partition coefficient (Wildman–Crippen LogP) is 2.75. The van der Waals surface area contributed by atoms with Crippen LogP contribution < -0.4 is 5.32 Å². The van der Waals surface area contributed by atoms with E-state index < -0.39 is 6.10 Å². The van der Waals surface area contributed by atoms with Gasteiger partial charge < -0.3 is 15.2 Å². The zero-order chi connectivity index (χ0) is 16.5. The van der Waals surface area contributed by atoms with Gasteiger partial charge in [-0.1, -0.05) is 54.1 Å². The highest BCUT2D eigenvalue weighted by Gasteiger charge is 2.08. The second-order valence-electron chi connectivity index (χ2n) is 5.16. The molecule has 0 amide bonds. The third-order valence-corrected chi connectivity index (χ3v) is 3.54. The van der Waals surface area contributed by atoms with E-state index in [2.05, 4.69) is 5.32 Å². The molecule has 0 heterocycles. The number of halogens is 1. The van der Waals surface area contributed by atoms with Crippen LogP contribution in [0.5, 0.6) is 0 Å². The number of esters is 1. The number of aliphatic hydroxyl groups excluding tert-OH is 1. The lowest BCUT2D eigenvalue weighted by molar-refractivity contribution is -0.142. The van der Waals surface area contributed by atoms with Crippen molar-refractivity contribution in [3.05, 3.63) is 70.7 Å². The Morgan fingerprint density at radius 1 is 1.17 bits per heavy atom. The van der Waals surface area contributed by atoms with Gasteiger partial charge in [0.2, 0.25) is 0 Å². The number of rotatable bonds is 8. The average Bonchev–Trinajstić information content (AvgIpc) is 2.55. The molecule has 2 rings (SSSR count). The van der Waals surface area contributed by atoms with E-state index in [1.54, 1.807) is 18.2 Å². The van der Waals surface area contributed by atoms with E-state index >= 15 is 0 Å². The Labute approximate surface area is 141 Å². The summed E-state index contributed by atoms with van der Waals surface area (Å²) in [6.45, 7) is 1.13. The normalized spacial score (nSPS) is 11.9. The van der Waals surface area contributed by atoms with Crippen molar-refractivity contribution in [1.29, 1.82) is 0 Å². The van der Waals surface area contributed by atoms with Crippen molar-refractivity contribution in [1.82, 2.24) is 5.32 Å². The summed E-state index contributed by atoms with van der Waals surface area (Å²) in [4.78, 5) is 11.7. The molecule has 1 unspecified atom stereocenters. The topological polar surface area (TPSA) is 58.6 Å². The van der Waals surface area contributed by atoms with Gasteiger partial charge in [-0.3, -0.25) is 4.79 Å². The summed E-state index contributed by atoms with van der Waals surface area (Å²) in [5, 5.41) is 13.7. The molecule has 0 bridgehead atoms. The number of aliphatic hydroxyl groups is 1. The Balaban J connectivity index is 1.61. The van der Waals surface area contributed by atoms with Crippen LogP contribution in [-0.4, -0.2) is 30.8 Å². The van der Waals surface area contributed by atoms with Crippen LogP contribution in [0.15, 0.2) is 54.6 Å². The molecule has 4 nitrogen and oxygen atoms in total. The van der Waals surface area contributed by atoms with Crippen molar-refractivity contribution in [2.24, 2.45) is 0 Å². The number of benzene rings is 2. The second kappa shape index (κ2) is 9.30. The number of carbonyl (C=O) groups excluding carboxylic acids is 1. The van der Waals surface area contributed by atoms with Crippen LogP contribution in [-0.2, 0) is 16.0 Å². The minimum absolute atomic E-state index is 0.256. The third-order valence-electron chi connectivity index (χ3n) is 3.30. The summed E-state index contributed by atoms with van der Waals surface area (Å²) in [5.41, 5.74) is 1.69. The summed E-state index contributed by atoms with van der Waals surface area (Å²) in [6, 6.07) is 16.6. The molecular weight excluding hydrogens is 314 g/mol. The van der Waals surface area contributed by atoms with Crippen molar-refractivity contribution in [2.75, 3.05) is 19.7 Å². The molecule has 0 aliphatic carbocycles. The molecule has 0 aromatic heterocycles. The number of carbonyl (C=O) groups is 1. The molecule has 2 N–H and O–H groups in total. The molecule has 0 saturated carbocycles. The Bertz CT molecular complexity index is 619. The van der Waals surface area contributed by atoms with Crippen LogP contribution in [0.2, 0.25) is 5.02 Å². The number of nitrogens with one attached hydrogen (secondary N) is 1. The third kappa shape index (κ3) is 6.40. The van der Waals surface area contributed by atoms with Crippen molar-refractivity contribution < 1.29 is 14.6 Å². The first-order chi connectivity index (χ1) is 11.1. The molecule has 0 fully saturated rings. The fourth-order valence-corrected chi connectivity index (χ4v) is 2.32. The first-order valence-corrected chi connectivity index (χ1v) is 7.87. The van der Waals surface area contributed by atoms with Gasteiger partial charge in [0.1, 0.15) is 6.61 Å². The van der Waals surface area contributed by atoms with Crippen LogP contribution >= 0.6 is 11.6 Å². The zero-order valence-electron chi connectivity index (χ0n) is 12.7. The highest BCUT2D eigenvalue weighted by atomic mass is 35.5. The summed E-state index contributed by atoms with van der Waals surface area (Å²) in [5.74, 6) is -0.256. The number of ether oxygens (including phenoxy) is 1. The van der Waals surface area contributed by atoms with E-state index in [0.717, 1.165) is 11.1 Å². The second-order valence-corrected chi connectivity index (χ2v) is 5.59. The SMILES string of the molecule is O=C(Cc1ccccc1)OCCNCC(O)c1cccc(Cl)c1. The van der Waals surface area contributed by atoms with Gasteiger partial charge in [0.05, 0.1) is 12.5 Å². The number of hydrogen-bond donors (Lipinski definition) is 2. The Morgan fingerprint density at radius 2 is 1.96 bits per heavy atom. The van der Waals surface area contributed by atoms with E-state index in [1.165, 1.54) is 0 Å². The van der Waals surface area contributed by atoms with Crippen molar-refractivity contribution in [3.63, 3.8) is 0 Å². The van der Waals surface area contributed by atoms with Crippen molar-refractivity contribution >= 4 is 17.6 Å². The molecule has 0 saturated heterocycles. The fourth-order valence-electron chi connectivity index (χ4n) is 2.12. The lowest BCUT2D eigenvalue weighted by Crippen LogP contribution is -2.26. The Morgan fingerprint density at radius 3 is 2.70 bits per heavy atom. The maximum atomic E-state index is 11.7. The first kappa shape index (κ1) is 17.5. The molecule has 122 valence electrons. The Kier molecular flexibility index (Phi) is 7.07. The summed E-state index contributed by atoms with van der Waals surface area (Å²) in [6.07, 6.45) is -0.375. The van der Waals surface area contributed by atoms with E-state index in [0.29, 0.717) is 18.1 Å². The smallest absolute Gasteiger partial charge is 0.310 e. The molecule has 2 aromatic rings. The van der Waals surface area contributed by atoms with Gasteiger partial charge in [-0.25, -0.2) is 0 Å². The van der Waals surface area contributed by atoms with Crippen LogP contribution in [0.1, 0.15) is 17.2 Å². The van der Waals surface area contributed by atoms with E-state index in [1.807, 2.05) is 36.4 Å². The lowest BCUT2D eigenvalue weighted by atomic mass is 10.1. The van der Waals surface area contributed by atoms with Gasteiger partial charge in [-0.15, -0.1) is 0 Å². The maximum absolute atomic E-state index is 11.7. The fraction of sp³-hybridized carbons (Fsp3) is 0.278. The molecule has 0 radical (unpaired) electrons. The van der Waals surface area contributed by atoms with E-state index in [-0.39, 0.29) is 19.0 Å². The zero-order valence-corrected chi connectivity index (χ0v) is 13.5. The lowest BCUT2D eigenvalue weighted by Gasteiger charge is -2.12. The molecule has 0 aliphatic rings. The molecule has 0 spiro atoms. The van der Waals surface area contributed by atoms with Gasteiger partial charge in [0, 0.05) is 18.1 Å². The Hall–Kier alpha value is -1.88. The van der Waals surface area contributed by atoms with Crippen LogP contribution in [0, 0.1) is 0 Å². The van der Waals surface area contributed by atoms with Gasteiger partial charge >= 0.3 is 5.97 Å². The average molecular weight is 334 g/mol.